The molecule has 96 heavy (non-hydrogen) atoms. The fourth-order valence-corrected chi connectivity index (χ4v) is 12.1. The summed E-state index contributed by atoms with van der Waals surface area (Å²) in [5, 5.41) is 10.6. The lowest BCUT2D eigenvalue weighted by molar-refractivity contribution is -0.161. The van der Waals surface area contributed by atoms with Crippen molar-refractivity contribution in [1.29, 1.82) is 0 Å². The van der Waals surface area contributed by atoms with Crippen molar-refractivity contribution < 1.29 is 80.2 Å². The van der Waals surface area contributed by atoms with Gasteiger partial charge in [0.25, 0.3) is 0 Å². The Bertz CT molecular complexity index is 2060. The molecule has 0 saturated heterocycles. The van der Waals surface area contributed by atoms with E-state index in [0.717, 1.165) is 109 Å². The van der Waals surface area contributed by atoms with Crippen LogP contribution >= 0.6 is 15.6 Å². The molecule has 0 heterocycles. The summed E-state index contributed by atoms with van der Waals surface area (Å²) in [6.07, 6.45) is 67.9. The summed E-state index contributed by atoms with van der Waals surface area (Å²) in [4.78, 5) is 72.8. The van der Waals surface area contributed by atoms with Gasteiger partial charge in [0.15, 0.2) is 12.2 Å². The molecule has 0 rings (SSSR count). The van der Waals surface area contributed by atoms with E-state index in [4.69, 9.17) is 37.0 Å². The van der Waals surface area contributed by atoms with Gasteiger partial charge in [-0.3, -0.25) is 37.3 Å². The second kappa shape index (κ2) is 70.2. The van der Waals surface area contributed by atoms with Gasteiger partial charge in [-0.1, -0.05) is 294 Å². The predicted octanol–water partition coefficient (Wildman–Crippen LogP) is 21.9. The second-order valence-corrected chi connectivity index (χ2v) is 28.9. The zero-order chi connectivity index (χ0) is 70.4. The number of hydrogen-bond donors (Lipinski definition) is 3. The first kappa shape index (κ1) is 92.8. The average Bonchev–Trinajstić information content (AvgIpc) is 1.26. The molecule has 0 aromatic heterocycles. The van der Waals surface area contributed by atoms with Crippen LogP contribution in [0.15, 0.2) is 60.8 Å². The minimum absolute atomic E-state index is 0.0242. The van der Waals surface area contributed by atoms with Crippen LogP contribution in [0.4, 0.5) is 0 Å². The van der Waals surface area contributed by atoms with E-state index < -0.39 is 97.5 Å². The van der Waals surface area contributed by atoms with Gasteiger partial charge in [-0.15, -0.1) is 0 Å². The second-order valence-electron chi connectivity index (χ2n) is 26.0. The summed E-state index contributed by atoms with van der Waals surface area (Å²) in [6.45, 7) is 4.81. The quantitative estimate of drug-likeness (QED) is 0.0169. The summed E-state index contributed by atoms with van der Waals surface area (Å²) in [5.41, 5.74) is 0. The summed E-state index contributed by atoms with van der Waals surface area (Å²) in [7, 11) is -9.95. The van der Waals surface area contributed by atoms with Gasteiger partial charge in [0.05, 0.1) is 26.4 Å². The third-order valence-corrected chi connectivity index (χ3v) is 18.4. The number of aliphatic hydroxyl groups excluding tert-OH is 1. The van der Waals surface area contributed by atoms with E-state index in [2.05, 4.69) is 76.3 Å². The van der Waals surface area contributed by atoms with E-state index in [-0.39, 0.29) is 25.7 Å². The monoisotopic (exact) mass is 1400 g/mol. The Morgan fingerprint density at radius 3 is 0.865 bits per heavy atom. The zero-order valence-corrected chi connectivity index (χ0v) is 62.8. The van der Waals surface area contributed by atoms with Crippen molar-refractivity contribution >= 4 is 39.5 Å². The van der Waals surface area contributed by atoms with Crippen molar-refractivity contribution in [3.05, 3.63) is 60.8 Å². The lowest BCUT2D eigenvalue weighted by Crippen LogP contribution is -2.30. The Hall–Kier alpha value is -3.24. The molecule has 17 nitrogen and oxygen atoms in total. The number of phosphoric acid groups is 2. The van der Waals surface area contributed by atoms with Crippen LogP contribution in [0.3, 0.4) is 0 Å². The van der Waals surface area contributed by atoms with E-state index in [1.54, 1.807) is 0 Å². The molecular weight excluding hydrogens is 1260 g/mol. The maximum Gasteiger partial charge on any atom is 0.472 e. The Balaban J connectivity index is 5.36. The third kappa shape index (κ3) is 69.2. The van der Waals surface area contributed by atoms with Gasteiger partial charge in [-0.25, -0.2) is 9.13 Å². The number of rotatable bonds is 73. The third-order valence-electron chi connectivity index (χ3n) is 16.5. The van der Waals surface area contributed by atoms with Crippen LogP contribution in [0.2, 0.25) is 0 Å². The van der Waals surface area contributed by atoms with Crippen LogP contribution in [0, 0.1) is 0 Å². The van der Waals surface area contributed by atoms with Crippen LogP contribution in [0.25, 0.3) is 0 Å². The van der Waals surface area contributed by atoms with Crippen LogP contribution in [0.1, 0.15) is 349 Å². The minimum atomic E-state index is -4.98. The van der Waals surface area contributed by atoms with E-state index >= 15 is 0 Å². The molecule has 3 N–H and O–H groups in total. The number of hydrogen-bond acceptors (Lipinski definition) is 15. The smallest absolute Gasteiger partial charge is 0.462 e. The standard InChI is InChI=1S/C77H140O17P2/c1-5-9-13-17-21-25-29-33-34-35-36-40-44-48-52-56-60-64-77(82)94-73(68-88-75(80)62-58-54-50-46-42-38-31-27-23-19-15-11-7-3)70-92-96(85,86)90-66-71(78)65-89-95(83,84)91-69-72(93-76(81)63-59-55-51-47-43-39-32-28-24-20-16-12-8-4)67-87-74(79)61-57-53-49-45-41-37-30-26-22-18-14-10-6-2/h21,25-26,30,33-34,36,40,48,52,71-73,78H,5-20,22-24,27-29,31-32,35,37-39,41-47,49-51,53-70H2,1-4H3,(H,83,84)(H,85,86)/b25-21-,30-26-,34-33-,40-36-,52-48-/t71-,72-,73-/m1/s1. The van der Waals surface area contributed by atoms with Crippen molar-refractivity contribution in [2.45, 2.75) is 367 Å². The Morgan fingerprint density at radius 1 is 0.292 bits per heavy atom. The molecule has 0 aliphatic carbocycles. The number of phosphoric ester groups is 2. The number of aliphatic hydroxyl groups is 1. The lowest BCUT2D eigenvalue weighted by Gasteiger charge is -2.21. The van der Waals surface area contributed by atoms with Crippen LogP contribution in [-0.4, -0.2) is 96.7 Å². The van der Waals surface area contributed by atoms with Crippen LogP contribution in [-0.2, 0) is 65.4 Å². The molecule has 0 fully saturated rings. The number of unbranched alkanes of at least 4 members (excludes halogenated alkanes) is 37. The highest BCUT2D eigenvalue weighted by Gasteiger charge is 2.30. The molecule has 2 unspecified atom stereocenters. The fraction of sp³-hybridized carbons (Fsp3) is 0.818. The molecule has 0 amide bonds. The maximum atomic E-state index is 13.1. The van der Waals surface area contributed by atoms with Gasteiger partial charge in [0.1, 0.15) is 19.3 Å². The molecule has 0 aliphatic heterocycles. The summed E-state index contributed by atoms with van der Waals surface area (Å²) in [5.74, 6) is -2.22. The first-order chi connectivity index (χ1) is 46.7. The zero-order valence-electron chi connectivity index (χ0n) is 61.1. The molecule has 0 bridgehead atoms. The number of allylic oxidation sites excluding steroid dienone is 10. The van der Waals surface area contributed by atoms with Crippen molar-refractivity contribution in [3.8, 4) is 0 Å². The number of carbonyl (C=O) groups is 4. The Morgan fingerprint density at radius 2 is 0.521 bits per heavy atom. The van der Waals surface area contributed by atoms with Crippen LogP contribution < -0.4 is 0 Å². The highest BCUT2D eigenvalue weighted by molar-refractivity contribution is 7.47. The van der Waals surface area contributed by atoms with Crippen molar-refractivity contribution in [2.24, 2.45) is 0 Å². The average molecular weight is 1400 g/mol. The first-order valence-corrected chi connectivity index (χ1v) is 41.5. The molecule has 560 valence electrons. The van der Waals surface area contributed by atoms with Gasteiger partial charge in [-0.2, -0.15) is 0 Å². The van der Waals surface area contributed by atoms with Gasteiger partial charge < -0.3 is 33.8 Å². The molecule has 19 heteroatoms. The van der Waals surface area contributed by atoms with E-state index in [1.165, 1.54) is 154 Å². The molecule has 0 aromatic carbocycles. The van der Waals surface area contributed by atoms with Gasteiger partial charge >= 0.3 is 39.5 Å². The molecule has 5 atom stereocenters. The SMILES string of the molecule is CCCCC/C=C\C/C=C\C/C=C\C/C=C\CCCC(=O)O[C@H](COC(=O)CCCCCCCCCCCCCCC)COP(=O)(O)OC[C@H](O)COP(=O)(O)OC[C@@H](COC(=O)CCCCCCC/C=C\CCCCCC)OC(=O)CCCCCCCCCCCCCCC. The molecule has 0 aromatic rings. The molecule has 0 radical (unpaired) electrons. The lowest BCUT2D eigenvalue weighted by atomic mass is 10.0. The minimum Gasteiger partial charge on any atom is -0.462 e. The highest BCUT2D eigenvalue weighted by atomic mass is 31.2. The van der Waals surface area contributed by atoms with Gasteiger partial charge in [0, 0.05) is 25.7 Å². The number of carbonyl (C=O) groups excluding carboxylic acids is 4. The van der Waals surface area contributed by atoms with E-state index in [9.17, 15) is 43.2 Å². The number of ether oxygens (including phenoxy) is 4. The molecule has 0 aliphatic rings. The highest BCUT2D eigenvalue weighted by Crippen LogP contribution is 2.45. The first-order valence-electron chi connectivity index (χ1n) is 38.5. The van der Waals surface area contributed by atoms with Crippen LogP contribution in [0.5, 0.6) is 0 Å². The molecular formula is C77H140O17P2. The Labute approximate surface area is 584 Å². The Kier molecular flexibility index (Phi) is 67.8. The van der Waals surface area contributed by atoms with E-state index in [1.807, 2.05) is 12.2 Å². The summed E-state index contributed by atoms with van der Waals surface area (Å²) < 4.78 is 68.4. The summed E-state index contributed by atoms with van der Waals surface area (Å²) in [6, 6.07) is 0. The van der Waals surface area contributed by atoms with E-state index in [0.29, 0.717) is 32.1 Å². The fourth-order valence-electron chi connectivity index (χ4n) is 10.6. The van der Waals surface area contributed by atoms with Crippen molar-refractivity contribution in [2.75, 3.05) is 39.6 Å². The van der Waals surface area contributed by atoms with Crippen molar-refractivity contribution in [3.63, 3.8) is 0 Å². The number of esters is 4. The normalized spacial score (nSPS) is 14.3. The van der Waals surface area contributed by atoms with Crippen molar-refractivity contribution in [1.82, 2.24) is 0 Å². The maximum absolute atomic E-state index is 13.1. The predicted molar refractivity (Wildman–Crippen MR) is 390 cm³/mol. The van der Waals surface area contributed by atoms with Gasteiger partial charge in [-0.05, 0) is 89.9 Å². The molecule has 0 spiro atoms. The largest absolute Gasteiger partial charge is 0.472 e. The molecule has 0 saturated carbocycles. The topological polar surface area (TPSA) is 237 Å². The summed E-state index contributed by atoms with van der Waals surface area (Å²) >= 11 is 0. The van der Waals surface area contributed by atoms with Gasteiger partial charge in [0.2, 0.25) is 0 Å².